The number of aliphatic hydroxyl groups is 1. The Bertz CT molecular complexity index is 191. The molecular weight excluding hydrogens is 220 g/mol. The van der Waals surface area contributed by atoms with Gasteiger partial charge in [0, 0.05) is 24.9 Å². The lowest BCUT2D eigenvalue weighted by atomic mass is 10.2. The zero-order valence-electron chi connectivity index (χ0n) is 10.0. The average molecular weight is 244 g/mol. The highest BCUT2D eigenvalue weighted by Crippen LogP contribution is 2.25. The molecule has 3 nitrogen and oxygen atoms in total. The van der Waals surface area contributed by atoms with Crippen molar-refractivity contribution in [2.75, 3.05) is 38.5 Å². The second-order valence-corrected chi connectivity index (χ2v) is 6.36. The minimum atomic E-state index is -0.190. The molecule has 2 rings (SSSR count). The monoisotopic (exact) mass is 244 g/mol. The molecule has 0 spiro atoms. The summed E-state index contributed by atoms with van der Waals surface area (Å²) in [6.07, 6.45) is 5.13. The molecule has 0 bridgehead atoms. The van der Waals surface area contributed by atoms with Crippen molar-refractivity contribution in [3.05, 3.63) is 0 Å². The second kappa shape index (κ2) is 6.84. The fourth-order valence-electron chi connectivity index (χ4n) is 2.54. The topological polar surface area (TPSA) is 35.5 Å². The van der Waals surface area contributed by atoms with Crippen LogP contribution in [0.4, 0.5) is 0 Å². The molecule has 0 radical (unpaired) electrons. The van der Waals surface area contributed by atoms with E-state index in [-0.39, 0.29) is 6.10 Å². The van der Waals surface area contributed by atoms with Crippen LogP contribution in [0.15, 0.2) is 0 Å². The Morgan fingerprint density at radius 3 is 2.81 bits per heavy atom. The minimum absolute atomic E-state index is 0.190. The standard InChI is InChI=1S/C12H24N2OS/c15-11(10-14-5-1-2-6-14)8-13-9-12-4-3-7-16-12/h11-13,15H,1-10H2. The van der Waals surface area contributed by atoms with Crippen molar-refractivity contribution >= 4 is 11.8 Å². The number of aliphatic hydroxyl groups excluding tert-OH is 1. The molecule has 94 valence electrons. The van der Waals surface area contributed by atoms with Crippen molar-refractivity contribution in [1.29, 1.82) is 0 Å². The van der Waals surface area contributed by atoms with Gasteiger partial charge in [-0.2, -0.15) is 11.8 Å². The van der Waals surface area contributed by atoms with Gasteiger partial charge in [-0.05, 0) is 44.5 Å². The molecule has 2 N–H and O–H groups in total. The Morgan fingerprint density at radius 1 is 1.31 bits per heavy atom. The molecule has 2 aliphatic rings. The number of rotatable bonds is 6. The summed E-state index contributed by atoms with van der Waals surface area (Å²) in [5, 5.41) is 14.1. The van der Waals surface area contributed by atoms with Crippen LogP contribution in [-0.4, -0.2) is 59.8 Å². The van der Waals surface area contributed by atoms with E-state index >= 15 is 0 Å². The van der Waals surface area contributed by atoms with Gasteiger partial charge in [-0.1, -0.05) is 0 Å². The molecule has 0 aromatic rings. The normalized spacial score (nSPS) is 28.7. The summed E-state index contributed by atoms with van der Waals surface area (Å²) in [4.78, 5) is 2.37. The molecule has 0 aromatic carbocycles. The maximum atomic E-state index is 9.87. The summed E-state index contributed by atoms with van der Waals surface area (Å²) in [7, 11) is 0. The lowest BCUT2D eigenvalue weighted by Gasteiger charge is -2.20. The van der Waals surface area contributed by atoms with Crippen LogP contribution in [0.5, 0.6) is 0 Å². The van der Waals surface area contributed by atoms with Gasteiger partial charge in [0.25, 0.3) is 0 Å². The molecule has 2 heterocycles. The first-order valence-corrected chi connectivity index (χ1v) is 7.62. The third-order valence-electron chi connectivity index (χ3n) is 3.44. The SMILES string of the molecule is OC(CNCC1CCCS1)CN1CCCC1. The lowest BCUT2D eigenvalue weighted by Crippen LogP contribution is -2.38. The van der Waals surface area contributed by atoms with E-state index in [1.54, 1.807) is 0 Å². The number of β-amino-alcohol motifs (C(OH)–C–C–N with tert-alkyl or cyclic N) is 1. The van der Waals surface area contributed by atoms with Gasteiger partial charge in [0.1, 0.15) is 0 Å². The van der Waals surface area contributed by atoms with Gasteiger partial charge in [0.05, 0.1) is 6.10 Å². The maximum Gasteiger partial charge on any atom is 0.0791 e. The average Bonchev–Trinajstić information content (AvgIpc) is 2.90. The Kier molecular flexibility index (Phi) is 5.42. The Morgan fingerprint density at radius 2 is 2.12 bits per heavy atom. The van der Waals surface area contributed by atoms with Crippen LogP contribution >= 0.6 is 11.8 Å². The van der Waals surface area contributed by atoms with E-state index in [0.29, 0.717) is 0 Å². The van der Waals surface area contributed by atoms with E-state index in [0.717, 1.165) is 24.9 Å². The zero-order valence-corrected chi connectivity index (χ0v) is 10.8. The smallest absolute Gasteiger partial charge is 0.0791 e. The van der Waals surface area contributed by atoms with Crippen LogP contribution in [-0.2, 0) is 0 Å². The maximum absolute atomic E-state index is 9.87. The number of thioether (sulfide) groups is 1. The Balaban J connectivity index is 1.51. The molecule has 0 saturated carbocycles. The molecule has 2 atom stereocenters. The van der Waals surface area contributed by atoms with Crippen molar-refractivity contribution in [3.8, 4) is 0 Å². The first-order chi connectivity index (χ1) is 7.84. The number of hydrogen-bond acceptors (Lipinski definition) is 4. The highest BCUT2D eigenvalue weighted by Gasteiger charge is 2.17. The van der Waals surface area contributed by atoms with Gasteiger partial charge in [-0.15, -0.1) is 0 Å². The van der Waals surface area contributed by atoms with Crippen LogP contribution in [0.3, 0.4) is 0 Å². The van der Waals surface area contributed by atoms with Crippen LogP contribution in [0.2, 0.25) is 0 Å². The van der Waals surface area contributed by atoms with Crippen LogP contribution in [0, 0.1) is 0 Å². The number of nitrogens with one attached hydrogen (secondary N) is 1. The zero-order chi connectivity index (χ0) is 11.2. The van der Waals surface area contributed by atoms with E-state index in [2.05, 4.69) is 22.0 Å². The van der Waals surface area contributed by atoms with Crippen LogP contribution in [0.25, 0.3) is 0 Å². The molecule has 16 heavy (non-hydrogen) atoms. The van der Waals surface area contributed by atoms with Gasteiger partial charge in [0.2, 0.25) is 0 Å². The molecule has 4 heteroatoms. The molecule has 2 unspecified atom stereocenters. The first-order valence-electron chi connectivity index (χ1n) is 6.57. The summed E-state index contributed by atoms with van der Waals surface area (Å²) < 4.78 is 0. The number of hydrogen-bond donors (Lipinski definition) is 2. The largest absolute Gasteiger partial charge is 0.390 e. The van der Waals surface area contributed by atoms with Crippen molar-refractivity contribution in [1.82, 2.24) is 10.2 Å². The fraction of sp³-hybridized carbons (Fsp3) is 1.00. The minimum Gasteiger partial charge on any atom is -0.390 e. The predicted octanol–water partition coefficient (Wildman–Crippen LogP) is 0.928. The van der Waals surface area contributed by atoms with Gasteiger partial charge in [0.15, 0.2) is 0 Å². The van der Waals surface area contributed by atoms with E-state index < -0.39 is 0 Å². The Labute approximate surface area is 103 Å². The van der Waals surface area contributed by atoms with Gasteiger partial charge < -0.3 is 15.3 Å². The third-order valence-corrected chi connectivity index (χ3v) is 4.84. The molecule has 0 aliphatic carbocycles. The third kappa shape index (κ3) is 4.24. The molecular formula is C12H24N2OS. The van der Waals surface area contributed by atoms with Crippen molar-refractivity contribution in [3.63, 3.8) is 0 Å². The summed E-state index contributed by atoms with van der Waals surface area (Å²) in [5.74, 6) is 1.32. The van der Waals surface area contributed by atoms with Gasteiger partial charge in [-0.25, -0.2) is 0 Å². The van der Waals surface area contributed by atoms with Crippen LogP contribution in [0.1, 0.15) is 25.7 Å². The van der Waals surface area contributed by atoms with E-state index in [1.165, 1.54) is 44.5 Å². The van der Waals surface area contributed by atoms with Gasteiger partial charge in [-0.3, -0.25) is 0 Å². The molecule has 2 aliphatic heterocycles. The predicted molar refractivity (Wildman–Crippen MR) is 70.0 cm³/mol. The summed E-state index contributed by atoms with van der Waals surface area (Å²) in [6.45, 7) is 5.03. The summed E-state index contributed by atoms with van der Waals surface area (Å²) >= 11 is 2.07. The molecule has 0 amide bonds. The van der Waals surface area contributed by atoms with Gasteiger partial charge >= 0.3 is 0 Å². The highest BCUT2D eigenvalue weighted by molar-refractivity contribution is 8.00. The van der Waals surface area contributed by atoms with E-state index in [1.807, 2.05) is 0 Å². The first kappa shape index (κ1) is 12.7. The lowest BCUT2D eigenvalue weighted by molar-refractivity contribution is 0.124. The molecule has 2 saturated heterocycles. The molecule has 2 fully saturated rings. The highest BCUT2D eigenvalue weighted by atomic mass is 32.2. The number of likely N-dealkylation sites (tertiary alicyclic amines) is 1. The van der Waals surface area contributed by atoms with Crippen LogP contribution < -0.4 is 5.32 Å². The number of nitrogens with zero attached hydrogens (tertiary/aromatic N) is 1. The summed E-state index contributed by atoms with van der Waals surface area (Å²) in [6, 6.07) is 0. The van der Waals surface area contributed by atoms with Crippen molar-refractivity contribution in [2.24, 2.45) is 0 Å². The fourth-order valence-corrected chi connectivity index (χ4v) is 3.78. The molecule has 0 aromatic heterocycles. The van der Waals surface area contributed by atoms with Crippen molar-refractivity contribution in [2.45, 2.75) is 37.0 Å². The quantitative estimate of drug-likeness (QED) is 0.728. The van der Waals surface area contributed by atoms with Crippen molar-refractivity contribution < 1.29 is 5.11 Å². The summed E-state index contributed by atoms with van der Waals surface area (Å²) in [5.41, 5.74) is 0. The van der Waals surface area contributed by atoms with E-state index in [4.69, 9.17) is 0 Å². The second-order valence-electron chi connectivity index (χ2n) is 4.95. The van der Waals surface area contributed by atoms with E-state index in [9.17, 15) is 5.11 Å². The Hall–Kier alpha value is 0.230.